The Kier molecular flexibility index (Phi) is 6.64. The first kappa shape index (κ1) is 16.0. The van der Waals surface area contributed by atoms with Crippen LogP contribution in [0.25, 0.3) is 0 Å². The average molecular weight is 334 g/mol. The first-order chi connectivity index (χ1) is 8.54. The van der Waals surface area contributed by atoms with E-state index >= 15 is 0 Å². The van der Waals surface area contributed by atoms with Crippen molar-refractivity contribution < 1.29 is 0 Å². The maximum Gasteiger partial charge on any atom is 0.0548 e. The Hall–Kier alpha value is -0.0900. The molecule has 1 aromatic rings. The fraction of sp³-hybridized carbons (Fsp3) is 0.571. The van der Waals surface area contributed by atoms with Gasteiger partial charge in [0, 0.05) is 23.1 Å². The van der Waals surface area contributed by atoms with Crippen LogP contribution < -0.4 is 5.73 Å². The van der Waals surface area contributed by atoms with Crippen molar-refractivity contribution in [2.24, 2.45) is 5.73 Å². The van der Waals surface area contributed by atoms with Crippen molar-refractivity contribution in [3.63, 3.8) is 0 Å². The summed E-state index contributed by atoms with van der Waals surface area (Å²) in [6.07, 6.45) is 2.27. The van der Waals surface area contributed by atoms with E-state index in [1.807, 2.05) is 6.07 Å². The van der Waals surface area contributed by atoms with E-state index in [2.05, 4.69) is 53.9 Å². The molecule has 0 spiro atoms. The Morgan fingerprint density at radius 3 is 2.39 bits per heavy atom. The third kappa shape index (κ3) is 3.70. The molecule has 102 valence electrons. The predicted molar refractivity (Wildman–Crippen MR) is 83.1 cm³/mol. The van der Waals surface area contributed by atoms with Crippen molar-refractivity contribution >= 4 is 27.5 Å². The van der Waals surface area contributed by atoms with Crippen molar-refractivity contribution in [3.05, 3.63) is 33.3 Å². The first-order valence-electron chi connectivity index (χ1n) is 6.42. The van der Waals surface area contributed by atoms with Gasteiger partial charge in [0.1, 0.15) is 0 Å². The molecule has 0 bridgehead atoms. The van der Waals surface area contributed by atoms with Crippen LogP contribution in [-0.4, -0.2) is 24.5 Å². The Morgan fingerprint density at radius 2 is 1.94 bits per heavy atom. The summed E-state index contributed by atoms with van der Waals surface area (Å²) in [5.74, 6) is 0. The molecule has 1 aromatic carbocycles. The van der Waals surface area contributed by atoms with Gasteiger partial charge in [-0.05, 0) is 53.5 Å². The number of halogens is 2. The van der Waals surface area contributed by atoms with Crippen molar-refractivity contribution in [2.45, 2.75) is 38.8 Å². The van der Waals surface area contributed by atoms with Crippen LogP contribution >= 0.6 is 27.5 Å². The lowest BCUT2D eigenvalue weighted by Gasteiger charge is -2.34. The van der Waals surface area contributed by atoms with E-state index in [1.54, 1.807) is 0 Å². The van der Waals surface area contributed by atoms with E-state index in [0.29, 0.717) is 12.6 Å². The van der Waals surface area contributed by atoms with Crippen LogP contribution in [0, 0.1) is 0 Å². The number of likely N-dealkylation sites (N-methyl/N-ethyl adjacent to an activating group) is 1. The van der Waals surface area contributed by atoms with Gasteiger partial charge >= 0.3 is 0 Å². The van der Waals surface area contributed by atoms with Crippen LogP contribution in [0.3, 0.4) is 0 Å². The molecule has 0 radical (unpaired) electrons. The molecule has 0 aliphatic heterocycles. The summed E-state index contributed by atoms with van der Waals surface area (Å²) in [6, 6.07) is 6.85. The number of nitrogens with two attached hydrogens (primary N) is 1. The van der Waals surface area contributed by atoms with Crippen molar-refractivity contribution in [1.29, 1.82) is 0 Å². The predicted octanol–water partition coefficient (Wildman–Crippen LogP) is 4.22. The van der Waals surface area contributed by atoms with Crippen molar-refractivity contribution in [1.82, 2.24) is 4.90 Å². The highest BCUT2D eigenvalue weighted by Gasteiger charge is 2.21. The maximum absolute atomic E-state index is 6.03. The summed E-state index contributed by atoms with van der Waals surface area (Å²) in [5, 5.41) is 0.736. The molecule has 0 aliphatic carbocycles. The molecule has 4 heteroatoms. The molecular weight excluding hydrogens is 312 g/mol. The van der Waals surface area contributed by atoms with Crippen LogP contribution in [0.4, 0.5) is 0 Å². The highest BCUT2D eigenvalue weighted by atomic mass is 79.9. The molecule has 0 saturated carbocycles. The lowest BCUT2D eigenvalue weighted by molar-refractivity contribution is 0.167. The zero-order valence-electron chi connectivity index (χ0n) is 11.3. The van der Waals surface area contributed by atoms with E-state index in [-0.39, 0.29) is 6.04 Å². The van der Waals surface area contributed by atoms with Gasteiger partial charge in [0.25, 0.3) is 0 Å². The maximum atomic E-state index is 6.03. The fourth-order valence-corrected chi connectivity index (χ4v) is 2.89. The van der Waals surface area contributed by atoms with Gasteiger partial charge in [-0.3, -0.25) is 4.90 Å². The smallest absolute Gasteiger partial charge is 0.0548 e. The summed E-state index contributed by atoms with van der Waals surface area (Å²) < 4.78 is 0.929. The minimum atomic E-state index is 0.239. The molecule has 0 saturated heterocycles. The van der Waals surface area contributed by atoms with Crippen molar-refractivity contribution in [3.8, 4) is 0 Å². The number of rotatable bonds is 6. The molecule has 0 heterocycles. The number of hydrogen-bond acceptors (Lipinski definition) is 2. The van der Waals surface area contributed by atoms with Gasteiger partial charge in [0.05, 0.1) is 5.02 Å². The van der Waals surface area contributed by atoms with Crippen LogP contribution in [-0.2, 0) is 0 Å². The number of benzene rings is 1. The molecule has 1 unspecified atom stereocenters. The molecule has 0 aromatic heterocycles. The van der Waals surface area contributed by atoms with Gasteiger partial charge in [-0.25, -0.2) is 0 Å². The fourth-order valence-electron chi connectivity index (χ4n) is 2.38. The third-order valence-corrected chi connectivity index (χ3v) is 4.78. The molecular formula is C14H22BrClN2. The van der Waals surface area contributed by atoms with Crippen LogP contribution in [0.15, 0.2) is 22.7 Å². The Labute approximate surface area is 124 Å². The topological polar surface area (TPSA) is 29.3 Å². The van der Waals surface area contributed by atoms with E-state index in [0.717, 1.165) is 22.3 Å². The van der Waals surface area contributed by atoms with E-state index in [1.165, 1.54) is 5.56 Å². The molecule has 1 atom stereocenters. The average Bonchev–Trinajstić information content (AvgIpc) is 2.36. The Balaban J connectivity index is 2.97. The minimum absolute atomic E-state index is 0.239. The normalized spacial score (nSPS) is 13.3. The summed E-state index contributed by atoms with van der Waals surface area (Å²) in [6.45, 7) is 5.05. The van der Waals surface area contributed by atoms with Gasteiger partial charge in [-0.2, -0.15) is 0 Å². The molecule has 2 N–H and O–H groups in total. The zero-order valence-corrected chi connectivity index (χ0v) is 13.6. The van der Waals surface area contributed by atoms with E-state index in [9.17, 15) is 0 Å². The molecule has 18 heavy (non-hydrogen) atoms. The molecule has 1 rings (SSSR count). The lowest BCUT2D eigenvalue weighted by atomic mass is 10.0. The van der Waals surface area contributed by atoms with Gasteiger partial charge < -0.3 is 5.73 Å². The summed E-state index contributed by atoms with van der Waals surface area (Å²) in [4.78, 5) is 2.37. The Morgan fingerprint density at radius 1 is 1.33 bits per heavy atom. The van der Waals surface area contributed by atoms with Crippen LogP contribution in [0.5, 0.6) is 0 Å². The zero-order chi connectivity index (χ0) is 13.7. The number of hydrogen-bond donors (Lipinski definition) is 1. The summed E-state index contributed by atoms with van der Waals surface area (Å²) in [7, 11) is 2.15. The lowest BCUT2D eigenvalue weighted by Crippen LogP contribution is -2.38. The minimum Gasteiger partial charge on any atom is -0.329 e. The third-order valence-electron chi connectivity index (χ3n) is 3.56. The van der Waals surface area contributed by atoms with Gasteiger partial charge in [0.15, 0.2) is 0 Å². The SMILES string of the molecule is CCC(CC)N(C)C(CN)c1ccc(Cl)c(Br)c1. The van der Waals surface area contributed by atoms with Gasteiger partial charge in [-0.15, -0.1) is 0 Å². The second-order valence-corrected chi connectivity index (χ2v) is 5.82. The largest absolute Gasteiger partial charge is 0.329 e. The molecule has 2 nitrogen and oxygen atoms in total. The Bertz CT molecular complexity index is 380. The second kappa shape index (κ2) is 7.49. The molecule has 0 aliphatic rings. The standard InChI is InChI=1S/C14H22BrClN2/c1-4-11(5-2)18(3)14(9-17)10-6-7-13(16)12(15)8-10/h6-8,11,14H,4-5,9,17H2,1-3H3. The summed E-state index contributed by atoms with van der Waals surface area (Å²) in [5.41, 5.74) is 7.16. The van der Waals surface area contributed by atoms with Crippen LogP contribution in [0.2, 0.25) is 5.02 Å². The second-order valence-electron chi connectivity index (χ2n) is 4.56. The highest BCUT2D eigenvalue weighted by Crippen LogP contribution is 2.29. The quantitative estimate of drug-likeness (QED) is 0.844. The van der Waals surface area contributed by atoms with E-state index < -0.39 is 0 Å². The molecule has 0 fully saturated rings. The van der Waals surface area contributed by atoms with Gasteiger partial charge in [-0.1, -0.05) is 31.5 Å². The van der Waals surface area contributed by atoms with Crippen molar-refractivity contribution in [2.75, 3.05) is 13.6 Å². The molecule has 0 amide bonds. The first-order valence-corrected chi connectivity index (χ1v) is 7.59. The van der Waals surface area contributed by atoms with Gasteiger partial charge in [0.2, 0.25) is 0 Å². The van der Waals surface area contributed by atoms with Crippen LogP contribution in [0.1, 0.15) is 38.3 Å². The van der Waals surface area contributed by atoms with E-state index in [4.69, 9.17) is 17.3 Å². The summed E-state index contributed by atoms with van der Waals surface area (Å²) >= 11 is 9.51. The highest BCUT2D eigenvalue weighted by molar-refractivity contribution is 9.10. The number of nitrogens with zero attached hydrogens (tertiary/aromatic N) is 1. The monoisotopic (exact) mass is 332 g/mol.